The van der Waals surface area contributed by atoms with E-state index >= 15 is 0 Å². The Bertz CT molecular complexity index is 1840. The molecular formula is C38H40Cl2FN3O5S. The highest BCUT2D eigenvalue weighted by Gasteiger charge is 2.36. The predicted octanol–water partition coefficient (Wildman–Crippen LogP) is 7.82. The second kappa shape index (κ2) is 17.2. The van der Waals surface area contributed by atoms with E-state index in [0.29, 0.717) is 28.0 Å². The number of ether oxygens (including phenoxy) is 1. The van der Waals surface area contributed by atoms with Crippen molar-refractivity contribution in [2.75, 3.05) is 17.5 Å². The van der Waals surface area contributed by atoms with Crippen molar-refractivity contribution >= 4 is 50.7 Å². The number of nitrogens with zero attached hydrogens (tertiary/aromatic N) is 2. The Morgan fingerprint density at radius 3 is 2.14 bits per heavy atom. The Morgan fingerprint density at radius 1 is 0.880 bits per heavy atom. The van der Waals surface area contributed by atoms with Crippen molar-refractivity contribution in [3.63, 3.8) is 0 Å². The molecule has 0 aromatic heterocycles. The van der Waals surface area contributed by atoms with Gasteiger partial charge in [-0.25, -0.2) is 12.8 Å². The van der Waals surface area contributed by atoms with Crippen molar-refractivity contribution in [3.05, 3.63) is 124 Å². The Kier molecular flexibility index (Phi) is 12.8. The van der Waals surface area contributed by atoms with E-state index in [1.165, 1.54) is 17.0 Å². The fraction of sp³-hybridized carbons (Fsp3) is 0.316. The molecule has 2 amide bonds. The molecule has 12 heteroatoms. The van der Waals surface area contributed by atoms with Gasteiger partial charge in [-0.15, -0.1) is 0 Å². The number of sulfonamides is 1. The minimum Gasteiger partial charge on any atom is -0.494 e. The lowest BCUT2D eigenvalue weighted by Gasteiger charge is -2.35. The minimum atomic E-state index is -4.42. The van der Waals surface area contributed by atoms with Crippen LogP contribution in [0.5, 0.6) is 5.75 Å². The lowest BCUT2D eigenvalue weighted by Crippen LogP contribution is -2.55. The topological polar surface area (TPSA) is 96.0 Å². The van der Waals surface area contributed by atoms with Gasteiger partial charge in [0.1, 0.15) is 24.2 Å². The lowest BCUT2D eigenvalue weighted by atomic mass is 9.94. The van der Waals surface area contributed by atoms with Crippen molar-refractivity contribution in [1.29, 1.82) is 0 Å². The van der Waals surface area contributed by atoms with E-state index in [0.717, 1.165) is 66.2 Å². The third kappa shape index (κ3) is 9.35. The Labute approximate surface area is 303 Å². The van der Waals surface area contributed by atoms with Gasteiger partial charge in [-0.2, -0.15) is 0 Å². The van der Waals surface area contributed by atoms with Crippen LogP contribution in [-0.4, -0.2) is 50.4 Å². The predicted molar refractivity (Wildman–Crippen MR) is 195 cm³/mol. The SMILES string of the molecule is CCOc1ccc(N(CC(=O)N(Cc2c(Cl)cccc2Cl)C(Cc2ccccc2)C(=O)NC2CCCCC2)S(=O)(=O)c2ccc(F)cc2)cc1. The Morgan fingerprint density at radius 2 is 1.52 bits per heavy atom. The maximum atomic E-state index is 14.8. The maximum Gasteiger partial charge on any atom is 0.264 e. The highest BCUT2D eigenvalue weighted by molar-refractivity contribution is 7.92. The van der Waals surface area contributed by atoms with Crippen molar-refractivity contribution in [3.8, 4) is 5.75 Å². The van der Waals surface area contributed by atoms with Gasteiger partial charge in [0, 0.05) is 34.6 Å². The molecule has 1 aliphatic carbocycles. The second-order valence-corrected chi connectivity index (χ2v) is 14.8. The maximum absolute atomic E-state index is 14.8. The number of hydrogen-bond donors (Lipinski definition) is 1. The number of halogens is 3. The largest absolute Gasteiger partial charge is 0.494 e. The number of nitrogens with one attached hydrogen (secondary N) is 1. The summed E-state index contributed by atoms with van der Waals surface area (Å²) in [6.07, 6.45) is 4.89. The first-order valence-corrected chi connectivity index (χ1v) is 18.8. The zero-order valence-corrected chi connectivity index (χ0v) is 30.1. The number of hydrogen-bond acceptors (Lipinski definition) is 5. The summed E-state index contributed by atoms with van der Waals surface area (Å²) < 4.78 is 48.8. The fourth-order valence-corrected chi connectivity index (χ4v) is 8.02. The van der Waals surface area contributed by atoms with Crippen LogP contribution in [0, 0.1) is 5.82 Å². The van der Waals surface area contributed by atoms with Crippen molar-refractivity contribution in [1.82, 2.24) is 10.2 Å². The normalized spacial score (nSPS) is 14.1. The van der Waals surface area contributed by atoms with Gasteiger partial charge in [-0.05, 0) is 86.0 Å². The number of carbonyl (C=O) groups excluding carboxylic acids is 2. The molecule has 4 aromatic rings. The zero-order chi connectivity index (χ0) is 35.7. The second-order valence-electron chi connectivity index (χ2n) is 12.2. The van der Waals surface area contributed by atoms with Crippen molar-refractivity contribution in [2.45, 2.75) is 69.0 Å². The molecule has 0 radical (unpaired) electrons. The third-order valence-electron chi connectivity index (χ3n) is 8.73. The summed E-state index contributed by atoms with van der Waals surface area (Å²) in [5.74, 6) is -1.12. The molecule has 1 unspecified atom stereocenters. The summed E-state index contributed by atoms with van der Waals surface area (Å²) in [6, 6.07) is 23.8. The molecule has 50 heavy (non-hydrogen) atoms. The number of rotatable bonds is 14. The summed E-state index contributed by atoms with van der Waals surface area (Å²) in [7, 11) is -4.42. The molecule has 1 atom stereocenters. The molecule has 0 saturated heterocycles. The number of carbonyl (C=O) groups is 2. The fourth-order valence-electron chi connectivity index (χ4n) is 6.09. The van der Waals surface area contributed by atoms with Crippen LogP contribution in [0.2, 0.25) is 10.0 Å². The minimum absolute atomic E-state index is 0.0467. The first-order valence-electron chi connectivity index (χ1n) is 16.6. The van der Waals surface area contributed by atoms with Gasteiger partial charge < -0.3 is 15.0 Å². The third-order valence-corrected chi connectivity index (χ3v) is 11.2. The van der Waals surface area contributed by atoms with Crippen LogP contribution in [0.1, 0.15) is 50.2 Å². The van der Waals surface area contributed by atoms with Crippen molar-refractivity contribution in [2.24, 2.45) is 0 Å². The van der Waals surface area contributed by atoms with Crippen LogP contribution in [-0.2, 0) is 32.6 Å². The van der Waals surface area contributed by atoms with Gasteiger partial charge in [0.2, 0.25) is 11.8 Å². The first kappa shape index (κ1) is 37.1. The molecule has 5 rings (SSSR count). The van der Waals surface area contributed by atoms with Crippen molar-refractivity contribution < 1.29 is 27.1 Å². The molecule has 8 nitrogen and oxygen atoms in total. The zero-order valence-electron chi connectivity index (χ0n) is 27.7. The van der Waals surface area contributed by atoms with E-state index in [-0.39, 0.29) is 35.5 Å². The molecule has 1 aliphatic rings. The van der Waals surface area contributed by atoms with Gasteiger partial charge in [0.05, 0.1) is 17.2 Å². The van der Waals surface area contributed by atoms with Gasteiger partial charge in [0.25, 0.3) is 10.0 Å². The molecule has 0 heterocycles. The molecule has 0 spiro atoms. The first-order chi connectivity index (χ1) is 24.1. The molecule has 264 valence electrons. The van der Waals surface area contributed by atoms with E-state index in [9.17, 15) is 22.4 Å². The number of benzene rings is 4. The molecule has 0 bridgehead atoms. The number of amides is 2. The quantitative estimate of drug-likeness (QED) is 0.142. The highest BCUT2D eigenvalue weighted by atomic mass is 35.5. The van der Waals surface area contributed by atoms with Crippen LogP contribution in [0.4, 0.5) is 10.1 Å². The van der Waals surface area contributed by atoms with E-state index in [1.54, 1.807) is 30.3 Å². The summed E-state index contributed by atoms with van der Waals surface area (Å²) in [5.41, 5.74) is 1.40. The van der Waals surface area contributed by atoms with Crippen LogP contribution in [0.3, 0.4) is 0 Å². The molecule has 4 aromatic carbocycles. The van der Waals surface area contributed by atoms with E-state index < -0.39 is 34.3 Å². The van der Waals surface area contributed by atoms with E-state index in [2.05, 4.69) is 5.32 Å². The summed E-state index contributed by atoms with van der Waals surface area (Å²) in [5, 5.41) is 3.76. The molecular weight excluding hydrogens is 700 g/mol. The van der Waals surface area contributed by atoms with Crippen LogP contribution < -0.4 is 14.4 Å². The summed E-state index contributed by atoms with van der Waals surface area (Å²) in [4.78, 5) is 30.2. The van der Waals surface area contributed by atoms with Gasteiger partial charge in [-0.3, -0.25) is 13.9 Å². The van der Waals surface area contributed by atoms with Crippen LogP contribution in [0.25, 0.3) is 0 Å². The standard InChI is InChI=1S/C38H40Cl2FN3O5S/c1-2-49-31-20-18-30(19-21-31)44(50(47,48)32-22-16-28(41)17-23-32)26-37(45)43(25-33-34(39)14-9-15-35(33)40)36(24-27-10-5-3-6-11-27)38(46)42-29-12-7-4-8-13-29/h3,5-6,9-11,14-23,29,36H,2,4,7-8,12-13,24-26H2,1H3,(H,42,46). The average Bonchev–Trinajstić information content (AvgIpc) is 3.11. The molecule has 1 fully saturated rings. The Balaban J connectivity index is 1.59. The molecule has 1 N–H and O–H groups in total. The highest BCUT2D eigenvalue weighted by Crippen LogP contribution is 2.30. The lowest BCUT2D eigenvalue weighted by molar-refractivity contribution is -0.140. The van der Waals surface area contributed by atoms with Crippen LogP contribution >= 0.6 is 23.2 Å². The van der Waals surface area contributed by atoms with Gasteiger partial charge in [0.15, 0.2) is 0 Å². The summed E-state index contributed by atoms with van der Waals surface area (Å²) in [6.45, 7) is 1.38. The van der Waals surface area contributed by atoms with E-state index in [1.807, 2.05) is 37.3 Å². The number of anilines is 1. The van der Waals surface area contributed by atoms with Gasteiger partial charge >= 0.3 is 0 Å². The molecule has 1 saturated carbocycles. The summed E-state index contributed by atoms with van der Waals surface area (Å²) >= 11 is 13.2. The monoisotopic (exact) mass is 739 g/mol. The van der Waals surface area contributed by atoms with Gasteiger partial charge in [-0.1, -0.05) is 78.9 Å². The Hall–Kier alpha value is -4.12. The van der Waals surface area contributed by atoms with Crippen LogP contribution in [0.15, 0.2) is 102 Å². The average molecular weight is 741 g/mol. The molecule has 0 aliphatic heterocycles. The van der Waals surface area contributed by atoms with E-state index in [4.69, 9.17) is 27.9 Å². The smallest absolute Gasteiger partial charge is 0.264 e.